The van der Waals surface area contributed by atoms with Gasteiger partial charge in [0.05, 0.1) is 0 Å². The zero-order valence-corrected chi connectivity index (χ0v) is 16.4. The monoisotopic (exact) mass is 369 g/mol. The number of aryl methyl sites for hydroxylation is 1. The maximum absolute atomic E-state index is 12.4. The van der Waals surface area contributed by atoms with E-state index in [-0.39, 0.29) is 0 Å². The molecule has 1 unspecified atom stereocenters. The summed E-state index contributed by atoms with van der Waals surface area (Å²) in [6.07, 6.45) is -1.00. The van der Waals surface area contributed by atoms with E-state index in [0.717, 1.165) is 22.3 Å². The summed E-state index contributed by atoms with van der Waals surface area (Å²) in [5.41, 5.74) is 5.31. The Labute approximate surface area is 160 Å². The van der Waals surface area contributed by atoms with Crippen LogP contribution >= 0.6 is 11.6 Å². The van der Waals surface area contributed by atoms with E-state index >= 15 is 0 Å². The Morgan fingerprint density at radius 1 is 1.12 bits per heavy atom. The number of hydrogen-bond acceptors (Lipinski definition) is 2. The molecule has 4 heteroatoms. The summed E-state index contributed by atoms with van der Waals surface area (Å²) in [4.78, 5) is 12.4. The van der Waals surface area contributed by atoms with E-state index in [2.05, 4.69) is 11.9 Å². The number of carbonyl (C=O) groups is 1. The van der Waals surface area contributed by atoms with Gasteiger partial charge >= 0.3 is 6.09 Å². The Kier molecular flexibility index (Phi) is 6.64. The van der Waals surface area contributed by atoms with Crippen molar-refractivity contribution in [2.75, 3.05) is 0 Å². The predicted molar refractivity (Wildman–Crippen MR) is 108 cm³/mol. The number of nitrogens with one attached hydrogen (secondary N) is 1. The van der Waals surface area contributed by atoms with Crippen LogP contribution in [0, 0.1) is 6.92 Å². The van der Waals surface area contributed by atoms with E-state index in [4.69, 9.17) is 16.3 Å². The van der Waals surface area contributed by atoms with Gasteiger partial charge in [0.1, 0.15) is 6.10 Å². The number of hydrogen-bond donors (Lipinski definition) is 1. The van der Waals surface area contributed by atoms with Crippen molar-refractivity contribution in [1.82, 2.24) is 5.32 Å². The van der Waals surface area contributed by atoms with Crippen molar-refractivity contribution in [3.63, 3.8) is 0 Å². The van der Waals surface area contributed by atoms with Crippen molar-refractivity contribution >= 4 is 23.3 Å². The molecule has 0 saturated heterocycles. The third kappa shape index (κ3) is 4.99. The standard InChI is InChI=1S/C22H24ClNO2/c1-14(2)21(16(4)18-12-10-15(3)11-13-18)24-22(25)26-17(5)19-8-6-7-9-20(19)23/h6-13,17H,1H2,2-5H3,(H,24,25)/b21-16-. The van der Waals surface area contributed by atoms with Crippen LogP contribution in [-0.2, 0) is 4.74 Å². The van der Waals surface area contributed by atoms with E-state index in [9.17, 15) is 4.79 Å². The van der Waals surface area contributed by atoms with Crippen molar-refractivity contribution in [2.24, 2.45) is 0 Å². The van der Waals surface area contributed by atoms with Crippen molar-refractivity contribution in [3.05, 3.63) is 88.1 Å². The molecule has 1 atom stereocenters. The highest BCUT2D eigenvalue weighted by Gasteiger charge is 2.16. The van der Waals surface area contributed by atoms with Crippen LogP contribution in [0.3, 0.4) is 0 Å². The first-order valence-electron chi connectivity index (χ1n) is 8.45. The Hall–Kier alpha value is -2.52. The lowest BCUT2D eigenvalue weighted by Gasteiger charge is -2.18. The summed E-state index contributed by atoms with van der Waals surface area (Å²) < 4.78 is 5.49. The zero-order chi connectivity index (χ0) is 19.3. The SMILES string of the molecule is C=C(C)/C(NC(=O)OC(C)c1ccccc1Cl)=C(\C)c1ccc(C)cc1. The van der Waals surface area contributed by atoms with Crippen molar-refractivity contribution in [3.8, 4) is 0 Å². The van der Waals surface area contributed by atoms with Crippen LogP contribution in [0.2, 0.25) is 5.02 Å². The highest BCUT2D eigenvalue weighted by Crippen LogP contribution is 2.26. The molecule has 0 fully saturated rings. The van der Waals surface area contributed by atoms with Gasteiger partial charge in [-0.1, -0.05) is 66.2 Å². The summed E-state index contributed by atoms with van der Waals surface area (Å²) in [5.74, 6) is 0. The molecule has 26 heavy (non-hydrogen) atoms. The fourth-order valence-corrected chi connectivity index (χ4v) is 2.92. The Bertz CT molecular complexity index is 837. The minimum Gasteiger partial charge on any atom is -0.441 e. The quantitative estimate of drug-likeness (QED) is 0.615. The number of benzene rings is 2. The van der Waals surface area contributed by atoms with Crippen molar-refractivity contribution in [1.29, 1.82) is 0 Å². The Morgan fingerprint density at radius 2 is 1.73 bits per heavy atom. The zero-order valence-electron chi connectivity index (χ0n) is 15.6. The molecule has 0 bridgehead atoms. The molecule has 0 aromatic heterocycles. The molecule has 1 N–H and O–H groups in total. The highest BCUT2D eigenvalue weighted by atomic mass is 35.5. The topological polar surface area (TPSA) is 38.3 Å². The molecule has 0 aliphatic heterocycles. The van der Waals surface area contributed by atoms with Gasteiger partial charge in [0.25, 0.3) is 0 Å². The van der Waals surface area contributed by atoms with Gasteiger partial charge in [-0.3, -0.25) is 5.32 Å². The lowest BCUT2D eigenvalue weighted by atomic mass is 10.0. The van der Waals surface area contributed by atoms with Crippen molar-refractivity contribution < 1.29 is 9.53 Å². The lowest BCUT2D eigenvalue weighted by molar-refractivity contribution is 0.110. The van der Waals surface area contributed by atoms with Crippen LogP contribution in [-0.4, -0.2) is 6.09 Å². The lowest BCUT2D eigenvalue weighted by Crippen LogP contribution is -2.26. The first kappa shape index (κ1) is 19.8. The number of amides is 1. The Balaban J connectivity index is 2.18. The average molecular weight is 370 g/mol. The smallest absolute Gasteiger partial charge is 0.412 e. The number of ether oxygens (including phenoxy) is 1. The van der Waals surface area contributed by atoms with E-state index in [0.29, 0.717) is 10.7 Å². The largest absolute Gasteiger partial charge is 0.441 e. The molecule has 0 aliphatic carbocycles. The molecule has 3 nitrogen and oxygen atoms in total. The Morgan fingerprint density at radius 3 is 2.31 bits per heavy atom. The van der Waals surface area contributed by atoms with E-state index < -0.39 is 12.2 Å². The van der Waals surface area contributed by atoms with Crippen LogP contribution in [0.1, 0.15) is 43.6 Å². The molecule has 0 aliphatic rings. The van der Waals surface area contributed by atoms with Crippen LogP contribution in [0.4, 0.5) is 4.79 Å². The van der Waals surface area contributed by atoms with Gasteiger partial charge in [0.2, 0.25) is 0 Å². The fourth-order valence-electron chi connectivity index (χ4n) is 2.63. The molecular formula is C22H24ClNO2. The molecule has 2 aromatic carbocycles. The maximum Gasteiger partial charge on any atom is 0.412 e. The van der Waals surface area contributed by atoms with E-state index in [1.54, 1.807) is 13.0 Å². The molecular weight excluding hydrogens is 346 g/mol. The molecule has 1 amide bonds. The van der Waals surface area contributed by atoms with Crippen molar-refractivity contribution in [2.45, 2.75) is 33.8 Å². The third-order valence-electron chi connectivity index (χ3n) is 4.14. The van der Waals surface area contributed by atoms with Gasteiger partial charge in [-0.05, 0) is 50.5 Å². The van der Waals surface area contributed by atoms with E-state index in [1.807, 2.05) is 63.2 Å². The second-order valence-electron chi connectivity index (χ2n) is 6.34. The molecule has 0 radical (unpaired) electrons. The second-order valence-corrected chi connectivity index (χ2v) is 6.75. The number of alkyl carbamates (subject to hydrolysis) is 1. The van der Waals surface area contributed by atoms with Gasteiger partial charge in [0.15, 0.2) is 0 Å². The minimum absolute atomic E-state index is 0.463. The van der Waals surface area contributed by atoms with Crippen LogP contribution in [0.25, 0.3) is 5.57 Å². The number of halogens is 1. The first-order valence-corrected chi connectivity index (χ1v) is 8.83. The van der Waals surface area contributed by atoms with Gasteiger partial charge in [0, 0.05) is 16.3 Å². The highest BCUT2D eigenvalue weighted by molar-refractivity contribution is 6.31. The predicted octanol–water partition coefficient (Wildman–Crippen LogP) is 6.44. The molecule has 2 rings (SSSR count). The van der Waals surface area contributed by atoms with Gasteiger partial charge in [-0.25, -0.2) is 4.79 Å². The molecule has 0 heterocycles. The molecule has 0 spiro atoms. The molecule has 136 valence electrons. The molecule has 2 aromatic rings. The van der Waals surface area contributed by atoms with Crippen LogP contribution < -0.4 is 5.32 Å². The fraction of sp³-hybridized carbons (Fsp3) is 0.227. The van der Waals surface area contributed by atoms with Gasteiger partial charge in [-0.15, -0.1) is 0 Å². The summed E-state index contributed by atoms with van der Waals surface area (Å²) in [7, 11) is 0. The third-order valence-corrected chi connectivity index (χ3v) is 4.48. The first-order chi connectivity index (χ1) is 12.3. The van der Waals surface area contributed by atoms with Gasteiger partial charge < -0.3 is 4.74 Å². The summed E-state index contributed by atoms with van der Waals surface area (Å²) in [6, 6.07) is 15.4. The minimum atomic E-state index is -0.540. The second kappa shape index (κ2) is 8.72. The summed E-state index contributed by atoms with van der Waals surface area (Å²) in [6.45, 7) is 11.6. The van der Waals surface area contributed by atoms with Gasteiger partial charge in [-0.2, -0.15) is 0 Å². The number of carbonyl (C=O) groups excluding carboxylic acids is 1. The molecule has 0 saturated carbocycles. The number of rotatable bonds is 5. The summed E-state index contributed by atoms with van der Waals surface area (Å²) >= 11 is 6.17. The average Bonchev–Trinajstić information content (AvgIpc) is 2.59. The normalized spacial score (nSPS) is 12.8. The van der Waals surface area contributed by atoms with E-state index in [1.165, 1.54) is 5.56 Å². The number of allylic oxidation sites excluding steroid dienone is 2. The maximum atomic E-state index is 12.4. The van der Waals surface area contributed by atoms with Crippen LogP contribution in [0.15, 0.2) is 66.4 Å². The summed E-state index contributed by atoms with van der Waals surface area (Å²) in [5, 5.41) is 3.39. The van der Waals surface area contributed by atoms with Crippen LogP contribution in [0.5, 0.6) is 0 Å².